The van der Waals surface area contributed by atoms with Gasteiger partial charge in [-0.1, -0.05) is 18.2 Å². The molecule has 5 nitrogen and oxygen atoms in total. The van der Waals surface area contributed by atoms with Crippen LogP contribution in [0.25, 0.3) is 0 Å². The van der Waals surface area contributed by atoms with Crippen molar-refractivity contribution >= 4 is 5.69 Å². The van der Waals surface area contributed by atoms with Crippen molar-refractivity contribution in [1.29, 1.82) is 0 Å². The van der Waals surface area contributed by atoms with E-state index in [2.05, 4.69) is 22.3 Å². The largest absolute Gasteiger partial charge is 0.492 e. The number of fused-ring (bicyclic) bond motifs is 5. The van der Waals surface area contributed by atoms with Crippen molar-refractivity contribution in [2.75, 3.05) is 44.5 Å². The number of ether oxygens (including phenoxy) is 3. The fourth-order valence-corrected chi connectivity index (χ4v) is 4.52. The first-order valence-corrected chi connectivity index (χ1v) is 9.65. The molecular formula is C21H21F3N2O3. The molecule has 1 atom stereocenters. The number of hydrogen-bond donors (Lipinski definition) is 1. The molecule has 1 unspecified atom stereocenters. The van der Waals surface area contributed by atoms with E-state index < -0.39 is 12.7 Å². The Hall–Kier alpha value is -2.61. The van der Waals surface area contributed by atoms with Crippen LogP contribution >= 0.6 is 0 Å². The number of halogens is 3. The third-order valence-electron chi connectivity index (χ3n) is 5.79. The molecule has 0 fully saturated rings. The van der Waals surface area contributed by atoms with Gasteiger partial charge in [-0.25, -0.2) is 0 Å². The Morgan fingerprint density at radius 1 is 1.00 bits per heavy atom. The normalized spacial score (nSPS) is 21.4. The summed E-state index contributed by atoms with van der Waals surface area (Å²) in [4.78, 5) is 2.24. The van der Waals surface area contributed by atoms with E-state index >= 15 is 0 Å². The molecule has 1 N–H and O–H groups in total. The van der Waals surface area contributed by atoms with E-state index in [0.717, 1.165) is 29.3 Å². The van der Waals surface area contributed by atoms with Crippen LogP contribution in [-0.2, 0) is 5.41 Å². The second-order valence-electron chi connectivity index (χ2n) is 7.66. The Kier molecular flexibility index (Phi) is 4.27. The number of rotatable bonds is 5. The average molecular weight is 406 g/mol. The maximum atomic E-state index is 12.3. The molecule has 0 aromatic heterocycles. The monoisotopic (exact) mass is 406 g/mol. The van der Waals surface area contributed by atoms with Crippen molar-refractivity contribution in [3.05, 3.63) is 47.5 Å². The van der Waals surface area contributed by atoms with E-state index in [9.17, 15) is 13.2 Å². The van der Waals surface area contributed by atoms with Gasteiger partial charge in [0.05, 0.1) is 12.0 Å². The Morgan fingerprint density at radius 3 is 2.62 bits per heavy atom. The zero-order chi connectivity index (χ0) is 20.1. The third kappa shape index (κ3) is 3.15. The predicted molar refractivity (Wildman–Crippen MR) is 101 cm³/mol. The summed E-state index contributed by atoms with van der Waals surface area (Å²) < 4.78 is 54.0. The van der Waals surface area contributed by atoms with Crippen molar-refractivity contribution in [2.24, 2.45) is 0 Å². The van der Waals surface area contributed by atoms with Crippen molar-refractivity contribution in [2.45, 2.75) is 18.0 Å². The highest BCUT2D eigenvalue weighted by atomic mass is 19.4. The van der Waals surface area contributed by atoms with E-state index in [1.165, 1.54) is 5.56 Å². The van der Waals surface area contributed by atoms with Gasteiger partial charge in [0.1, 0.15) is 12.4 Å². The van der Waals surface area contributed by atoms with Crippen LogP contribution in [0.5, 0.6) is 17.2 Å². The minimum Gasteiger partial charge on any atom is -0.492 e. The summed E-state index contributed by atoms with van der Waals surface area (Å²) in [6.07, 6.45) is -3.56. The summed E-state index contributed by atoms with van der Waals surface area (Å²) in [7, 11) is 0. The lowest BCUT2D eigenvalue weighted by Gasteiger charge is -2.25. The number of nitrogens with one attached hydrogen (secondary N) is 1. The van der Waals surface area contributed by atoms with Gasteiger partial charge in [-0.15, -0.1) is 0 Å². The molecule has 2 aromatic rings. The summed E-state index contributed by atoms with van der Waals surface area (Å²) in [6, 6.07) is 12.1. The van der Waals surface area contributed by atoms with Gasteiger partial charge in [-0.3, -0.25) is 0 Å². The van der Waals surface area contributed by atoms with Gasteiger partial charge >= 0.3 is 6.18 Å². The molecule has 0 saturated carbocycles. The number of hydrogen-bond acceptors (Lipinski definition) is 5. The van der Waals surface area contributed by atoms with Gasteiger partial charge in [-0.05, 0) is 30.7 Å². The molecular weight excluding hydrogens is 385 g/mol. The Bertz CT molecular complexity index is 934. The van der Waals surface area contributed by atoms with E-state index in [0.29, 0.717) is 31.9 Å². The van der Waals surface area contributed by atoms with Crippen molar-refractivity contribution in [3.63, 3.8) is 0 Å². The minimum atomic E-state index is -4.18. The zero-order valence-electron chi connectivity index (χ0n) is 15.7. The topological polar surface area (TPSA) is 43.0 Å². The molecule has 1 spiro atoms. The van der Waals surface area contributed by atoms with Crippen LogP contribution in [0.1, 0.15) is 17.5 Å². The molecule has 0 aliphatic carbocycles. The van der Waals surface area contributed by atoms with Crippen LogP contribution in [0.4, 0.5) is 18.9 Å². The SMILES string of the molecule is FC(F)(F)CNCCCN1CC2(COc3cc4c(cc32)OCO4)c2ccccc21. The van der Waals surface area contributed by atoms with E-state index in [1.807, 2.05) is 24.3 Å². The smallest absolute Gasteiger partial charge is 0.401 e. The van der Waals surface area contributed by atoms with Crippen LogP contribution in [0.15, 0.2) is 36.4 Å². The van der Waals surface area contributed by atoms with Crippen LogP contribution in [0, 0.1) is 0 Å². The molecule has 0 radical (unpaired) electrons. The fourth-order valence-electron chi connectivity index (χ4n) is 4.52. The lowest BCUT2D eigenvalue weighted by molar-refractivity contribution is -0.124. The number of para-hydroxylation sites is 1. The van der Waals surface area contributed by atoms with Gasteiger partial charge in [0.15, 0.2) is 11.5 Å². The quantitative estimate of drug-likeness (QED) is 0.771. The molecule has 8 heteroatoms. The van der Waals surface area contributed by atoms with Gasteiger partial charge in [0.2, 0.25) is 6.79 Å². The van der Waals surface area contributed by atoms with Crippen molar-refractivity contribution < 1.29 is 27.4 Å². The third-order valence-corrected chi connectivity index (χ3v) is 5.79. The van der Waals surface area contributed by atoms with Gasteiger partial charge in [-0.2, -0.15) is 13.2 Å². The number of alkyl halides is 3. The summed E-state index contributed by atoms with van der Waals surface area (Å²) in [5.41, 5.74) is 3.05. The van der Waals surface area contributed by atoms with Crippen LogP contribution < -0.4 is 24.4 Å². The Morgan fingerprint density at radius 2 is 1.79 bits per heavy atom. The Labute approximate surface area is 166 Å². The highest BCUT2D eigenvalue weighted by Gasteiger charge is 2.50. The van der Waals surface area contributed by atoms with Gasteiger partial charge in [0, 0.05) is 30.4 Å². The summed E-state index contributed by atoms with van der Waals surface area (Å²) in [6.45, 7) is 1.48. The van der Waals surface area contributed by atoms with Gasteiger partial charge < -0.3 is 24.4 Å². The molecule has 0 saturated heterocycles. The molecule has 29 heavy (non-hydrogen) atoms. The summed E-state index contributed by atoms with van der Waals surface area (Å²) >= 11 is 0. The number of benzene rings is 2. The van der Waals surface area contributed by atoms with Crippen LogP contribution in [0.3, 0.4) is 0 Å². The summed E-state index contributed by atoms with van der Waals surface area (Å²) in [5.74, 6) is 2.22. The van der Waals surface area contributed by atoms with E-state index in [-0.39, 0.29) is 12.2 Å². The minimum absolute atomic E-state index is 0.207. The van der Waals surface area contributed by atoms with Crippen molar-refractivity contribution in [3.8, 4) is 17.2 Å². The molecule has 3 heterocycles. The molecule has 0 amide bonds. The summed E-state index contributed by atoms with van der Waals surface area (Å²) in [5, 5.41) is 2.47. The highest BCUT2D eigenvalue weighted by Crippen LogP contribution is 2.54. The number of nitrogens with zero attached hydrogens (tertiary/aromatic N) is 1. The second kappa shape index (κ2) is 6.73. The Balaban J connectivity index is 1.37. The zero-order valence-corrected chi connectivity index (χ0v) is 15.7. The standard InChI is InChI=1S/C21H21F3N2O3/c22-21(23,24)10-25-6-3-7-26-11-20(14-4-1-2-5-16(14)26)12-27-17-9-19-18(8-15(17)20)28-13-29-19/h1-2,4-5,8-9,25H,3,6-7,10-13H2. The van der Waals surface area contributed by atoms with Crippen LogP contribution in [0.2, 0.25) is 0 Å². The maximum absolute atomic E-state index is 12.3. The van der Waals surface area contributed by atoms with E-state index in [1.54, 1.807) is 0 Å². The molecule has 3 aliphatic heterocycles. The van der Waals surface area contributed by atoms with Crippen molar-refractivity contribution in [1.82, 2.24) is 5.32 Å². The molecule has 5 rings (SSSR count). The number of anilines is 1. The van der Waals surface area contributed by atoms with Crippen LogP contribution in [-0.4, -0.2) is 45.8 Å². The predicted octanol–water partition coefficient (Wildman–Crippen LogP) is 3.46. The maximum Gasteiger partial charge on any atom is 0.401 e. The first-order valence-electron chi connectivity index (χ1n) is 9.65. The molecule has 2 aromatic carbocycles. The average Bonchev–Trinajstić information content (AvgIpc) is 3.37. The highest BCUT2D eigenvalue weighted by molar-refractivity contribution is 5.70. The van der Waals surface area contributed by atoms with Gasteiger partial charge in [0.25, 0.3) is 0 Å². The first-order chi connectivity index (χ1) is 14.0. The molecule has 0 bridgehead atoms. The second-order valence-corrected chi connectivity index (χ2v) is 7.66. The lowest BCUT2D eigenvalue weighted by atomic mass is 9.77. The molecule has 3 aliphatic rings. The molecule has 154 valence electrons. The fraction of sp³-hybridized carbons (Fsp3) is 0.429. The van der Waals surface area contributed by atoms with E-state index in [4.69, 9.17) is 14.2 Å². The first kappa shape index (κ1) is 18.4. The lowest BCUT2D eigenvalue weighted by Crippen LogP contribution is -2.37.